The van der Waals surface area contributed by atoms with Gasteiger partial charge in [0.25, 0.3) is 5.95 Å². The molecule has 1 saturated carbocycles. The Morgan fingerprint density at radius 2 is 1.83 bits per heavy atom. The van der Waals surface area contributed by atoms with Crippen LogP contribution in [0.1, 0.15) is 56.4 Å². The van der Waals surface area contributed by atoms with Gasteiger partial charge in [-0.3, -0.25) is 0 Å². The molecule has 3 aromatic rings. The lowest BCUT2D eigenvalue weighted by Gasteiger charge is -2.31. The Morgan fingerprint density at radius 1 is 1.00 bits per heavy atom. The quantitative estimate of drug-likeness (QED) is 0.658. The Labute approximate surface area is 171 Å². The lowest BCUT2D eigenvalue weighted by Crippen LogP contribution is -2.34. The third kappa shape index (κ3) is 3.57. The first-order chi connectivity index (χ1) is 14.3. The molecule has 1 aromatic carbocycles. The molecular weight excluding hydrogens is 360 g/mol. The minimum absolute atomic E-state index is 0.155. The highest BCUT2D eigenvalue weighted by Gasteiger charge is 2.24. The van der Waals surface area contributed by atoms with E-state index in [9.17, 15) is 5.26 Å². The molecule has 2 aromatic heterocycles. The molecule has 1 aliphatic carbocycles. The number of aromatic nitrogens is 4. The molecule has 0 atom stereocenters. The van der Waals surface area contributed by atoms with Gasteiger partial charge >= 0.3 is 0 Å². The average molecular weight is 387 g/mol. The van der Waals surface area contributed by atoms with Crippen LogP contribution in [0.5, 0.6) is 0 Å². The Bertz CT molecular complexity index is 1020. The second-order valence-corrected chi connectivity index (χ2v) is 8.30. The van der Waals surface area contributed by atoms with E-state index in [1.54, 1.807) is 10.9 Å². The Hall–Kier alpha value is -2.94. The van der Waals surface area contributed by atoms with E-state index in [2.05, 4.69) is 34.3 Å². The highest BCUT2D eigenvalue weighted by molar-refractivity contribution is 5.90. The maximum Gasteiger partial charge on any atom is 0.253 e. The zero-order valence-corrected chi connectivity index (χ0v) is 16.7. The molecular formula is C23H26N6. The van der Waals surface area contributed by atoms with E-state index in [0.29, 0.717) is 11.9 Å². The van der Waals surface area contributed by atoms with Crippen molar-refractivity contribution >= 4 is 16.7 Å². The van der Waals surface area contributed by atoms with Gasteiger partial charge in [-0.15, -0.1) is 0 Å². The van der Waals surface area contributed by atoms with Gasteiger partial charge in [-0.05, 0) is 55.4 Å². The van der Waals surface area contributed by atoms with Crippen LogP contribution in [-0.4, -0.2) is 32.8 Å². The summed E-state index contributed by atoms with van der Waals surface area (Å²) in [4.78, 5) is 12.1. The molecule has 2 fully saturated rings. The van der Waals surface area contributed by atoms with Crippen molar-refractivity contribution in [1.82, 2.24) is 19.7 Å². The van der Waals surface area contributed by atoms with Crippen LogP contribution in [0.4, 0.5) is 5.82 Å². The molecule has 0 amide bonds. The lowest BCUT2D eigenvalue weighted by atomic mass is 9.84. The van der Waals surface area contributed by atoms with Crippen molar-refractivity contribution in [3.05, 3.63) is 42.2 Å². The topological polar surface area (TPSA) is 70.6 Å². The number of hydrogen-bond acceptors (Lipinski definition) is 5. The predicted octanol–water partition coefficient (Wildman–Crippen LogP) is 4.60. The van der Waals surface area contributed by atoms with E-state index < -0.39 is 0 Å². The number of nitriles is 1. The molecule has 1 saturated heterocycles. The predicted molar refractivity (Wildman–Crippen MR) is 113 cm³/mol. The van der Waals surface area contributed by atoms with Crippen LogP contribution in [0.15, 0.2) is 36.7 Å². The van der Waals surface area contributed by atoms with E-state index in [0.717, 1.165) is 42.7 Å². The van der Waals surface area contributed by atoms with Crippen molar-refractivity contribution < 1.29 is 0 Å². The summed E-state index contributed by atoms with van der Waals surface area (Å²) in [6.45, 7) is 1.72. The highest BCUT2D eigenvalue weighted by atomic mass is 15.4. The number of hydrogen-bond donors (Lipinski definition) is 0. The molecule has 0 unspecified atom stereocenters. The van der Waals surface area contributed by atoms with Gasteiger partial charge < -0.3 is 4.90 Å². The standard InChI is InChI=1S/C23H26N6/c24-16-17-9-13-28(14-10-17)22-20-15-19(18-5-2-1-3-6-18)7-8-21(20)26-23(27-22)29-12-4-11-25-29/h4,7-8,11-12,15,17-18H,1-3,5-6,9-10,13-14H2. The van der Waals surface area contributed by atoms with Crippen LogP contribution in [0.2, 0.25) is 0 Å². The number of nitrogens with zero attached hydrogens (tertiary/aromatic N) is 6. The molecule has 6 heteroatoms. The summed E-state index contributed by atoms with van der Waals surface area (Å²) >= 11 is 0. The minimum Gasteiger partial charge on any atom is -0.356 e. The largest absolute Gasteiger partial charge is 0.356 e. The van der Waals surface area contributed by atoms with Crippen molar-refractivity contribution in [2.45, 2.75) is 50.9 Å². The first-order valence-corrected chi connectivity index (χ1v) is 10.8. The van der Waals surface area contributed by atoms with Gasteiger partial charge in [0.15, 0.2) is 0 Å². The molecule has 1 aliphatic heterocycles. The summed E-state index contributed by atoms with van der Waals surface area (Å²) < 4.78 is 1.72. The molecule has 3 heterocycles. The summed E-state index contributed by atoms with van der Waals surface area (Å²) in [6, 6.07) is 11.0. The van der Waals surface area contributed by atoms with E-state index in [1.807, 2.05) is 12.3 Å². The maximum absolute atomic E-state index is 9.26. The molecule has 0 N–H and O–H groups in total. The van der Waals surface area contributed by atoms with Gasteiger partial charge in [-0.25, -0.2) is 9.67 Å². The summed E-state index contributed by atoms with van der Waals surface area (Å²) in [7, 11) is 0. The van der Waals surface area contributed by atoms with E-state index >= 15 is 0 Å². The van der Waals surface area contributed by atoms with Crippen LogP contribution in [-0.2, 0) is 0 Å². The lowest BCUT2D eigenvalue weighted by molar-refractivity contribution is 0.444. The van der Waals surface area contributed by atoms with Gasteiger partial charge in [0.1, 0.15) is 5.82 Å². The molecule has 0 spiro atoms. The Kier molecular flexibility index (Phi) is 4.89. The number of anilines is 1. The first-order valence-electron chi connectivity index (χ1n) is 10.8. The molecule has 0 bridgehead atoms. The number of fused-ring (bicyclic) bond motifs is 1. The smallest absolute Gasteiger partial charge is 0.253 e. The first kappa shape index (κ1) is 18.1. The van der Waals surface area contributed by atoms with Crippen LogP contribution >= 0.6 is 0 Å². The normalized spacial score (nSPS) is 18.8. The van der Waals surface area contributed by atoms with E-state index in [4.69, 9.17) is 9.97 Å². The highest BCUT2D eigenvalue weighted by Crippen LogP contribution is 2.36. The summed E-state index contributed by atoms with van der Waals surface area (Å²) in [5, 5.41) is 14.7. The number of benzene rings is 1. The molecule has 0 radical (unpaired) electrons. The fourth-order valence-corrected chi connectivity index (χ4v) is 4.76. The van der Waals surface area contributed by atoms with Crippen molar-refractivity contribution in [3.8, 4) is 12.0 Å². The third-order valence-corrected chi connectivity index (χ3v) is 6.45. The van der Waals surface area contributed by atoms with Gasteiger partial charge in [0.2, 0.25) is 0 Å². The molecule has 6 nitrogen and oxygen atoms in total. The van der Waals surface area contributed by atoms with Crippen LogP contribution in [0.3, 0.4) is 0 Å². The molecule has 29 heavy (non-hydrogen) atoms. The Balaban J connectivity index is 1.59. The number of piperidine rings is 1. The van der Waals surface area contributed by atoms with E-state index in [-0.39, 0.29) is 5.92 Å². The van der Waals surface area contributed by atoms with Gasteiger partial charge in [0.05, 0.1) is 11.6 Å². The van der Waals surface area contributed by atoms with Gasteiger partial charge in [-0.1, -0.05) is 25.3 Å². The van der Waals surface area contributed by atoms with Crippen molar-refractivity contribution in [2.24, 2.45) is 5.92 Å². The third-order valence-electron chi connectivity index (χ3n) is 6.45. The summed E-state index contributed by atoms with van der Waals surface area (Å²) in [5.74, 6) is 2.39. The van der Waals surface area contributed by atoms with Crippen LogP contribution in [0.25, 0.3) is 16.9 Å². The molecule has 5 rings (SSSR count). The van der Waals surface area contributed by atoms with Crippen molar-refractivity contribution in [1.29, 1.82) is 5.26 Å². The van der Waals surface area contributed by atoms with Crippen LogP contribution < -0.4 is 4.90 Å². The van der Waals surface area contributed by atoms with Crippen molar-refractivity contribution in [2.75, 3.05) is 18.0 Å². The average Bonchev–Trinajstić information content (AvgIpc) is 3.34. The fourth-order valence-electron chi connectivity index (χ4n) is 4.76. The monoisotopic (exact) mass is 386 g/mol. The van der Waals surface area contributed by atoms with Gasteiger partial charge in [0, 0.05) is 36.8 Å². The zero-order valence-electron chi connectivity index (χ0n) is 16.7. The second kappa shape index (κ2) is 7.82. The van der Waals surface area contributed by atoms with E-state index in [1.165, 1.54) is 37.7 Å². The number of rotatable bonds is 3. The SMILES string of the molecule is N#CC1CCN(c2nc(-n3cccn3)nc3ccc(C4CCCCC4)cc23)CC1. The zero-order chi connectivity index (χ0) is 19.6. The Morgan fingerprint density at radius 3 is 2.55 bits per heavy atom. The summed E-state index contributed by atoms with van der Waals surface area (Å²) in [6.07, 6.45) is 12.0. The fraction of sp³-hybridized carbons (Fsp3) is 0.478. The van der Waals surface area contributed by atoms with Crippen molar-refractivity contribution in [3.63, 3.8) is 0 Å². The molecule has 2 aliphatic rings. The second-order valence-electron chi connectivity index (χ2n) is 8.30. The summed E-state index contributed by atoms with van der Waals surface area (Å²) in [5.41, 5.74) is 2.38. The van der Waals surface area contributed by atoms with Gasteiger partial charge in [-0.2, -0.15) is 15.3 Å². The molecule has 148 valence electrons. The van der Waals surface area contributed by atoms with Crippen LogP contribution in [0, 0.1) is 17.2 Å². The minimum atomic E-state index is 0.155. The maximum atomic E-state index is 9.26.